The van der Waals surface area contributed by atoms with Gasteiger partial charge in [0, 0.05) is 17.1 Å². The van der Waals surface area contributed by atoms with Crippen molar-refractivity contribution in [3.05, 3.63) is 81.5 Å². The number of rotatable bonds is 8. The topological polar surface area (TPSA) is 110 Å². The average Bonchev–Trinajstić information content (AvgIpc) is 3.49. The number of fused-ring (bicyclic) bond motifs is 1. The number of ether oxygens (including phenoxy) is 1. The molecule has 0 spiro atoms. The highest BCUT2D eigenvalue weighted by Gasteiger charge is 2.22. The summed E-state index contributed by atoms with van der Waals surface area (Å²) in [5.74, 6) is -0.498. The van der Waals surface area contributed by atoms with Crippen LogP contribution in [0.1, 0.15) is 35.7 Å². The van der Waals surface area contributed by atoms with Crippen LogP contribution in [-0.2, 0) is 0 Å². The zero-order valence-electron chi connectivity index (χ0n) is 19.8. The summed E-state index contributed by atoms with van der Waals surface area (Å²) in [5.41, 5.74) is 5.54. The van der Waals surface area contributed by atoms with Gasteiger partial charge in [-0.3, -0.25) is 14.3 Å². The Labute approximate surface area is 211 Å². The Balaban J connectivity index is 1.64. The number of H-pyrrole nitrogens is 1. The van der Waals surface area contributed by atoms with E-state index in [0.29, 0.717) is 29.5 Å². The molecule has 0 radical (unpaired) electrons. The molecule has 0 amide bonds. The van der Waals surface area contributed by atoms with E-state index in [1.807, 2.05) is 55.5 Å². The summed E-state index contributed by atoms with van der Waals surface area (Å²) < 4.78 is 12.0. The van der Waals surface area contributed by atoms with Gasteiger partial charge >= 0.3 is 16.9 Å². The first-order chi connectivity index (χ1) is 17.5. The van der Waals surface area contributed by atoms with Gasteiger partial charge in [-0.1, -0.05) is 55.8 Å². The minimum Gasteiger partial charge on any atom is -0.478 e. The number of carboxylic acids is 1. The van der Waals surface area contributed by atoms with Gasteiger partial charge in [-0.05, 0) is 48.2 Å². The first-order valence-electron chi connectivity index (χ1n) is 11.6. The number of nitrogens with zero attached hydrogens (tertiary/aromatic N) is 3. The standard InChI is InChI=1S/C27H24N4O4S/c1-3-4-15-35-26-28-22-16(2)9-14-21(25(32)33)23(22)31(26)18-12-10-17(11-13-18)19-7-5-6-8-20(19)24-29-27(34)36-30-24/h5-14H,3-4,15H2,1-2H3,(H,32,33)(H,29,30,34). The summed E-state index contributed by atoms with van der Waals surface area (Å²) in [6, 6.07) is 19.2. The van der Waals surface area contributed by atoms with Crippen LogP contribution in [0.5, 0.6) is 6.01 Å². The van der Waals surface area contributed by atoms with Crippen molar-refractivity contribution in [1.82, 2.24) is 18.9 Å². The van der Waals surface area contributed by atoms with Crippen LogP contribution < -0.4 is 9.61 Å². The molecule has 9 heteroatoms. The molecule has 5 rings (SSSR count). The number of carboxylic acid groups (broad SMARTS) is 1. The molecule has 0 atom stereocenters. The van der Waals surface area contributed by atoms with Gasteiger partial charge in [0.25, 0.3) is 0 Å². The minimum atomic E-state index is -1.02. The summed E-state index contributed by atoms with van der Waals surface area (Å²) in [4.78, 5) is 31.0. The molecule has 2 N–H and O–H groups in total. The van der Waals surface area contributed by atoms with Gasteiger partial charge in [-0.25, -0.2) is 4.79 Å². The summed E-state index contributed by atoms with van der Waals surface area (Å²) in [5, 5.41) is 9.89. The fourth-order valence-corrected chi connectivity index (χ4v) is 4.64. The normalized spacial score (nSPS) is 11.2. The number of aromatic amines is 1. The van der Waals surface area contributed by atoms with Crippen molar-refractivity contribution in [3.8, 4) is 34.2 Å². The number of unbranched alkanes of at least 4 members (excludes halogenated alkanes) is 1. The molecule has 0 aliphatic carbocycles. The number of hydrogen-bond donors (Lipinski definition) is 2. The minimum absolute atomic E-state index is 0.162. The second-order valence-electron chi connectivity index (χ2n) is 8.40. The third-order valence-corrected chi connectivity index (χ3v) is 6.54. The molecule has 0 aliphatic heterocycles. The monoisotopic (exact) mass is 500 g/mol. The third kappa shape index (κ3) is 4.29. The van der Waals surface area contributed by atoms with Crippen LogP contribution in [0.2, 0.25) is 0 Å². The van der Waals surface area contributed by atoms with E-state index in [-0.39, 0.29) is 10.4 Å². The van der Waals surface area contributed by atoms with Gasteiger partial charge in [0.2, 0.25) is 0 Å². The van der Waals surface area contributed by atoms with Crippen molar-refractivity contribution < 1.29 is 14.6 Å². The van der Waals surface area contributed by atoms with Crippen molar-refractivity contribution in [2.24, 2.45) is 0 Å². The molecule has 5 aromatic rings. The molecule has 0 fully saturated rings. The van der Waals surface area contributed by atoms with E-state index >= 15 is 0 Å². The lowest BCUT2D eigenvalue weighted by Crippen LogP contribution is -2.06. The summed E-state index contributed by atoms with van der Waals surface area (Å²) >= 11 is 0.886. The summed E-state index contributed by atoms with van der Waals surface area (Å²) in [6.07, 6.45) is 1.83. The summed E-state index contributed by atoms with van der Waals surface area (Å²) in [7, 11) is 0. The number of imidazole rings is 1. The van der Waals surface area contributed by atoms with Crippen LogP contribution in [0.3, 0.4) is 0 Å². The largest absolute Gasteiger partial charge is 0.478 e. The van der Waals surface area contributed by atoms with Crippen LogP contribution in [-0.4, -0.2) is 36.6 Å². The van der Waals surface area contributed by atoms with Crippen LogP contribution in [0.25, 0.3) is 39.2 Å². The van der Waals surface area contributed by atoms with Crippen LogP contribution in [0, 0.1) is 6.92 Å². The predicted octanol–water partition coefficient (Wildman–Crippen LogP) is 5.69. The maximum atomic E-state index is 12.1. The predicted molar refractivity (Wildman–Crippen MR) is 140 cm³/mol. The van der Waals surface area contributed by atoms with Gasteiger partial charge in [-0.15, -0.1) is 0 Å². The lowest BCUT2D eigenvalue weighted by molar-refractivity contribution is 0.0698. The van der Waals surface area contributed by atoms with Gasteiger partial charge in [0.05, 0.1) is 28.9 Å². The second kappa shape index (κ2) is 9.79. The molecular weight excluding hydrogens is 476 g/mol. The summed E-state index contributed by atoms with van der Waals surface area (Å²) in [6.45, 7) is 4.47. The Morgan fingerprint density at radius 3 is 2.50 bits per heavy atom. The smallest absolute Gasteiger partial charge is 0.337 e. The number of hydrogen-bond acceptors (Lipinski definition) is 6. The Hall–Kier alpha value is -4.24. The molecule has 0 aliphatic rings. The van der Waals surface area contributed by atoms with Gasteiger partial charge in [0.1, 0.15) is 0 Å². The highest BCUT2D eigenvalue weighted by atomic mass is 32.1. The van der Waals surface area contributed by atoms with Crippen LogP contribution in [0.4, 0.5) is 0 Å². The van der Waals surface area contributed by atoms with E-state index in [4.69, 9.17) is 4.74 Å². The molecule has 182 valence electrons. The first-order valence-corrected chi connectivity index (χ1v) is 12.4. The number of nitrogens with one attached hydrogen (secondary N) is 1. The zero-order valence-corrected chi connectivity index (χ0v) is 20.6. The van der Waals surface area contributed by atoms with Crippen molar-refractivity contribution >= 4 is 28.5 Å². The Morgan fingerprint density at radius 2 is 1.83 bits per heavy atom. The number of aromatic carboxylic acids is 1. The van der Waals surface area contributed by atoms with E-state index < -0.39 is 5.97 Å². The second-order valence-corrected chi connectivity index (χ2v) is 9.14. The van der Waals surface area contributed by atoms with Crippen molar-refractivity contribution in [2.45, 2.75) is 26.7 Å². The van der Waals surface area contributed by atoms with Crippen LogP contribution >= 0.6 is 11.5 Å². The Morgan fingerprint density at radius 1 is 1.08 bits per heavy atom. The van der Waals surface area contributed by atoms with Crippen molar-refractivity contribution in [1.29, 1.82) is 0 Å². The van der Waals surface area contributed by atoms with E-state index in [1.165, 1.54) is 0 Å². The van der Waals surface area contributed by atoms with E-state index in [0.717, 1.165) is 52.3 Å². The number of aryl methyl sites for hydroxylation is 1. The average molecular weight is 501 g/mol. The fourth-order valence-electron chi connectivity index (χ4n) is 4.18. The zero-order chi connectivity index (χ0) is 25.2. The fraction of sp³-hybridized carbons (Fsp3) is 0.185. The molecule has 0 saturated carbocycles. The van der Waals surface area contributed by atoms with E-state index in [9.17, 15) is 14.7 Å². The SMILES string of the molecule is CCCCOc1nc2c(C)ccc(C(=O)O)c2n1-c1ccc(-c2ccccc2-c2nsc(=O)[nH]2)cc1. The molecule has 3 aromatic carbocycles. The van der Waals surface area contributed by atoms with Gasteiger partial charge in [0.15, 0.2) is 5.82 Å². The van der Waals surface area contributed by atoms with Crippen molar-refractivity contribution in [2.75, 3.05) is 6.61 Å². The van der Waals surface area contributed by atoms with Crippen molar-refractivity contribution in [3.63, 3.8) is 0 Å². The first kappa shape index (κ1) is 23.5. The Bertz CT molecular complexity index is 1620. The molecule has 0 bridgehead atoms. The number of benzene rings is 3. The van der Waals surface area contributed by atoms with Gasteiger partial charge < -0.3 is 9.84 Å². The highest BCUT2D eigenvalue weighted by molar-refractivity contribution is 7.03. The third-order valence-electron chi connectivity index (χ3n) is 5.99. The molecule has 36 heavy (non-hydrogen) atoms. The maximum Gasteiger partial charge on any atom is 0.337 e. The number of aromatic nitrogens is 4. The molecule has 8 nitrogen and oxygen atoms in total. The van der Waals surface area contributed by atoms with E-state index in [2.05, 4.69) is 21.3 Å². The van der Waals surface area contributed by atoms with E-state index in [1.54, 1.807) is 16.7 Å². The molecule has 2 heterocycles. The number of carbonyl (C=O) groups is 1. The lowest BCUT2D eigenvalue weighted by Gasteiger charge is -2.13. The molecule has 2 aromatic heterocycles. The quantitative estimate of drug-likeness (QED) is 0.265. The van der Waals surface area contributed by atoms with Gasteiger partial charge in [-0.2, -0.15) is 9.36 Å². The Kier molecular flexibility index (Phi) is 6.39. The molecule has 0 unspecified atom stereocenters. The lowest BCUT2D eigenvalue weighted by atomic mass is 9.99. The molecular formula is C27H24N4O4S. The maximum absolute atomic E-state index is 12.1. The highest BCUT2D eigenvalue weighted by Crippen LogP contribution is 2.34. The molecule has 0 saturated heterocycles. The van der Waals surface area contributed by atoms with Crippen LogP contribution in [0.15, 0.2) is 65.5 Å².